The summed E-state index contributed by atoms with van der Waals surface area (Å²) < 4.78 is 4.21. The number of carbonyl (C=O) groups is 4. The second-order valence-electron chi connectivity index (χ2n) is 3.76. The van der Waals surface area contributed by atoms with Gasteiger partial charge in [-0.15, -0.1) is 0 Å². The first-order chi connectivity index (χ1) is 9.21. The molecule has 0 saturated heterocycles. The van der Waals surface area contributed by atoms with Gasteiger partial charge in [0.2, 0.25) is 0 Å². The van der Waals surface area contributed by atoms with Crippen molar-refractivity contribution in [3.8, 4) is 0 Å². The number of aliphatic carboxylic acids is 2. The lowest BCUT2D eigenvalue weighted by Crippen LogP contribution is -2.43. The maximum absolute atomic E-state index is 11.3. The molecule has 0 aromatic carbocycles. The Morgan fingerprint density at radius 2 is 1.70 bits per heavy atom. The van der Waals surface area contributed by atoms with E-state index in [2.05, 4.69) is 4.74 Å². The number of carbonyl (C=O) groups excluding carboxylic acids is 2. The number of allylic oxidation sites excluding steroid dienone is 3. The maximum Gasteiger partial charge on any atom is 0.338 e. The van der Waals surface area contributed by atoms with E-state index in [4.69, 9.17) is 10.2 Å². The van der Waals surface area contributed by atoms with Crippen LogP contribution in [0.15, 0.2) is 24.3 Å². The summed E-state index contributed by atoms with van der Waals surface area (Å²) in [5, 5.41) is 26.7. The Labute approximate surface area is 114 Å². The van der Waals surface area contributed by atoms with Crippen LogP contribution in [0.2, 0.25) is 0 Å². The van der Waals surface area contributed by atoms with E-state index in [1.54, 1.807) is 13.0 Å². The Hall–Kier alpha value is -2.48. The zero-order chi connectivity index (χ0) is 15.8. The minimum absolute atomic E-state index is 0.912. The van der Waals surface area contributed by atoms with Crippen LogP contribution in [0.1, 0.15) is 19.8 Å². The van der Waals surface area contributed by atoms with Crippen LogP contribution in [-0.4, -0.2) is 44.8 Å². The van der Waals surface area contributed by atoms with Crippen LogP contribution in [0.4, 0.5) is 0 Å². The first-order valence-electron chi connectivity index (χ1n) is 5.43. The fraction of sp³-hybridized carbons (Fsp3) is 0.333. The van der Waals surface area contributed by atoms with E-state index in [9.17, 15) is 24.3 Å². The third-order valence-electron chi connectivity index (χ3n) is 2.03. The molecule has 8 nitrogen and oxygen atoms in total. The van der Waals surface area contributed by atoms with Crippen molar-refractivity contribution in [2.45, 2.75) is 25.4 Å². The summed E-state index contributed by atoms with van der Waals surface area (Å²) in [6.07, 6.45) is 2.95. The normalized spacial score (nSPS) is 14.1. The van der Waals surface area contributed by atoms with Crippen LogP contribution < -0.4 is 0 Å². The van der Waals surface area contributed by atoms with Gasteiger partial charge < -0.3 is 20.1 Å². The van der Waals surface area contributed by atoms with Crippen LogP contribution in [0, 0.1) is 0 Å². The van der Waals surface area contributed by atoms with Crippen LogP contribution in [0.25, 0.3) is 0 Å². The van der Waals surface area contributed by atoms with E-state index in [0.717, 1.165) is 6.08 Å². The van der Waals surface area contributed by atoms with Gasteiger partial charge in [0.15, 0.2) is 5.60 Å². The van der Waals surface area contributed by atoms with E-state index in [-0.39, 0.29) is 0 Å². The van der Waals surface area contributed by atoms with Gasteiger partial charge in [0, 0.05) is 6.08 Å². The molecular formula is C12H14O8. The first-order valence-corrected chi connectivity index (χ1v) is 5.43. The molecule has 1 atom stereocenters. The SMILES string of the molecule is C/C=C/C=C/C(=O)OC(=O)CC(O)(CC(=O)O)C(=O)O. The van der Waals surface area contributed by atoms with Gasteiger partial charge in [-0.1, -0.05) is 18.2 Å². The predicted octanol–water partition coefficient (Wildman–Crippen LogP) is -0.131. The van der Waals surface area contributed by atoms with Gasteiger partial charge in [0.05, 0.1) is 12.8 Å². The Bertz CT molecular complexity index is 462. The number of aliphatic hydroxyl groups is 1. The molecule has 0 aromatic heterocycles. The molecule has 0 aliphatic heterocycles. The number of carboxylic acids is 2. The lowest BCUT2D eigenvalue weighted by atomic mass is 9.96. The molecule has 20 heavy (non-hydrogen) atoms. The summed E-state index contributed by atoms with van der Waals surface area (Å²) in [5.41, 5.74) is -2.82. The molecule has 0 aliphatic carbocycles. The van der Waals surface area contributed by atoms with Crippen LogP contribution in [0.5, 0.6) is 0 Å². The second-order valence-corrected chi connectivity index (χ2v) is 3.76. The molecule has 0 rings (SSSR count). The fourth-order valence-corrected chi connectivity index (χ4v) is 1.13. The third kappa shape index (κ3) is 6.45. The Balaban J connectivity index is 4.67. The topological polar surface area (TPSA) is 138 Å². The van der Waals surface area contributed by atoms with Gasteiger partial charge in [0.25, 0.3) is 0 Å². The summed E-state index contributed by atoms with van der Waals surface area (Å²) in [7, 11) is 0. The number of hydrogen-bond donors (Lipinski definition) is 3. The minimum atomic E-state index is -2.82. The van der Waals surface area contributed by atoms with E-state index in [1.165, 1.54) is 12.2 Å². The summed E-state index contributed by atoms with van der Waals surface area (Å²) in [6, 6.07) is 0. The maximum atomic E-state index is 11.3. The fourth-order valence-electron chi connectivity index (χ4n) is 1.13. The highest BCUT2D eigenvalue weighted by Gasteiger charge is 2.41. The smallest absolute Gasteiger partial charge is 0.338 e. The quantitative estimate of drug-likeness (QED) is 0.254. The number of esters is 2. The van der Waals surface area contributed by atoms with Gasteiger partial charge in [0.1, 0.15) is 0 Å². The Morgan fingerprint density at radius 3 is 2.15 bits per heavy atom. The van der Waals surface area contributed by atoms with E-state index in [0.29, 0.717) is 0 Å². The largest absolute Gasteiger partial charge is 0.481 e. The van der Waals surface area contributed by atoms with Crippen LogP contribution >= 0.6 is 0 Å². The Morgan fingerprint density at radius 1 is 1.10 bits per heavy atom. The zero-order valence-electron chi connectivity index (χ0n) is 10.6. The summed E-state index contributed by atoms with van der Waals surface area (Å²) in [5.74, 6) is -5.90. The molecule has 0 aliphatic rings. The van der Waals surface area contributed by atoms with Crippen molar-refractivity contribution in [3.05, 3.63) is 24.3 Å². The molecule has 0 aromatic rings. The van der Waals surface area contributed by atoms with Crippen molar-refractivity contribution >= 4 is 23.9 Å². The summed E-state index contributed by atoms with van der Waals surface area (Å²) in [4.78, 5) is 43.6. The molecule has 0 amide bonds. The molecule has 1 unspecified atom stereocenters. The van der Waals surface area contributed by atoms with Gasteiger partial charge in [-0.2, -0.15) is 0 Å². The zero-order valence-corrected chi connectivity index (χ0v) is 10.6. The average molecular weight is 286 g/mol. The molecular weight excluding hydrogens is 272 g/mol. The van der Waals surface area contributed by atoms with Crippen molar-refractivity contribution in [2.75, 3.05) is 0 Å². The van der Waals surface area contributed by atoms with E-state index in [1.807, 2.05) is 0 Å². The van der Waals surface area contributed by atoms with Gasteiger partial charge in [-0.05, 0) is 6.92 Å². The molecule has 0 bridgehead atoms. The molecule has 110 valence electrons. The van der Waals surface area contributed by atoms with Crippen molar-refractivity contribution in [1.82, 2.24) is 0 Å². The molecule has 0 heterocycles. The van der Waals surface area contributed by atoms with Crippen LogP contribution in [-0.2, 0) is 23.9 Å². The lowest BCUT2D eigenvalue weighted by Gasteiger charge is -2.19. The monoisotopic (exact) mass is 286 g/mol. The first kappa shape index (κ1) is 17.5. The number of carboxylic acid groups (broad SMARTS) is 2. The molecule has 0 fully saturated rings. The highest BCUT2D eigenvalue weighted by Crippen LogP contribution is 2.17. The molecule has 8 heteroatoms. The third-order valence-corrected chi connectivity index (χ3v) is 2.03. The number of hydrogen-bond acceptors (Lipinski definition) is 6. The van der Waals surface area contributed by atoms with Crippen molar-refractivity contribution in [2.24, 2.45) is 0 Å². The molecule has 3 N–H and O–H groups in total. The van der Waals surface area contributed by atoms with E-state index < -0.39 is 42.3 Å². The van der Waals surface area contributed by atoms with E-state index >= 15 is 0 Å². The highest BCUT2D eigenvalue weighted by molar-refractivity contribution is 5.95. The molecule has 0 saturated carbocycles. The summed E-state index contributed by atoms with van der Waals surface area (Å²) in [6.45, 7) is 1.69. The lowest BCUT2D eigenvalue weighted by molar-refractivity contribution is -0.173. The highest BCUT2D eigenvalue weighted by atomic mass is 16.6. The number of rotatable bonds is 7. The second kappa shape index (κ2) is 7.85. The van der Waals surface area contributed by atoms with Gasteiger partial charge >= 0.3 is 23.9 Å². The molecule has 0 radical (unpaired) electrons. The molecule has 0 spiro atoms. The standard InChI is InChI=1S/C12H14O8/c1-2-3-4-5-9(15)20-10(16)7-12(19,11(17)18)6-8(13)14/h2-5,19H,6-7H2,1H3,(H,13,14)(H,17,18)/b3-2+,5-4+. The van der Waals surface area contributed by atoms with Crippen molar-refractivity contribution in [1.29, 1.82) is 0 Å². The van der Waals surface area contributed by atoms with Crippen molar-refractivity contribution in [3.63, 3.8) is 0 Å². The number of ether oxygens (including phenoxy) is 1. The predicted molar refractivity (Wildman–Crippen MR) is 64.5 cm³/mol. The van der Waals surface area contributed by atoms with Gasteiger partial charge in [-0.25, -0.2) is 9.59 Å². The summed E-state index contributed by atoms with van der Waals surface area (Å²) >= 11 is 0. The Kier molecular flexibility index (Phi) is 6.87. The van der Waals surface area contributed by atoms with Gasteiger partial charge in [-0.3, -0.25) is 9.59 Å². The van der Waals surface area contributed by atoms with Crippen molar-refractivity contribution < 1.29 is 39.2 Å². The minimum Gasteiger partial charge on any atom is -0.481 e. The average Bonchev–Trinajstić information content (AvgIpc) is 2.27. The van der Waals surface area contributed by atoms with Crippen LogP contribution in [0.3, 0.4) is 0 Å².